The summed E-state index contributed by atoms with van der Waals surface area (Å²) in [5.41, 5.74) is 3.74. The van der Waals surface area contributed by atoms with Gasteiger partial charge in [-0.1, -0.05) is 6.07 Å². The molecule has 0 saturated carbocycles. The lowest BCUT2D eigenvalue weighted by Gasteiger charge is -2.09. The summed E-state index contributed by atoms with van der Waals surface area (Å²) in [5.74, 6) is 2.46. The lowest BCUT2D eigenvalue weighted by atomic mass is 10.2. The van der Waals surface area contributed by atoms with Crippen molar-refractivity contribution in [2.45, 2.75) is 0 Å². The fraction of sp³-hybridized carbons (Fsp3) is 0. The van der Waals surface area contributed by atoms with E-state index in [1.807, 2.05) is 71.4 Å². The molecule has 0 saturated heterocycles. The second-order valence-corrected chi connectivity index (χ2v) is 7.17. The molecule has 4 heterocycles. The maximum atomic E-state index is 6.00. The topological polar surface area (TPSA) is 93.5 Å². The Labute approximate surface area is 182 Å². The zero-order valence-electron chi connectivity index (χ0n) is 16.8. The molecule has 0 aliphatic rings. The summed E-state index contributed by atoms with van der Waals surface area (Å²) >= 11 is 0. The molecule has 0 amide bonds. The average Bonchev–Trinajstić information content (AvgIpc) is 3.46. The SMILES string of the molecule is c1ccc(-n2ccc3cc(Oc4ccnc(Nc5ccc6[nH]cnc6c5)n4)ccc32)nc1. The number of rotatable bonds is 5. The first-order chi connectivity index (χ1) is 15.8. The van der Waals surface area contributed by atoms with Crippen LogP contribution in [0.3, 0.4) is 0 Å². The van der Waals surface area contributed by atoms with E-state index in [0.29, 0.717) is 17.6 Å². The first kappa shape index (κ1) is 18.1. The quantitative estimate of drug-likeness (QED) is 0.398. The van der Waals surface area contributed by atoms with Crippen molar-refractivity contribution in [2.24, 2.45) is 0 Å². The van der Waals surface area contributed by atoms with E-state index in [1.165, 1.54) is 0 Å². The van der Waals surface area contributed by atoms with Gasteiger partial charge >= 0.3 is 0 Å². The predicted octanol–water partition coefficient (Wildman–Crippen LogP) is 5.23. The summed E-state index contributed by atoms with van der Waals surface area (Å²) in [7, 11) is 0. The van der Waals surface area contributed by atoms with Crippen LogP contribution in [0.1, 0.15) is 0 Å². The van der Waals surface area contributed by atoms with Gasteiger partial charge in [0.2, 0.25) is 11.8 Å². The molecule has 0 radical (unpaired) electrons. The van der Waals surface area contributed by atoms with E-state index in [2.05, 4.69) is 30.2 Å². The molecule has 0 unspecified atom stereocenters. The minimum Gasteiger partial charge on any atom is -0.439 e. The lowest BCUT2D eigenvalue weighted by Crippen LogP contribution is -1.98. The highest BCUT2D eigenvalue weighted by Gasteiger charge is 2.08. The maximum absolute atomic E-state index is 6.00. The molecular weight excluding hydrogens is 402 g/mol. The van der Waals surface area contributed by atoms with Gasteiger partial charge in [-0.3, -0.25) is 0 Å². The van der Waals surface area contributed by atoms with Gasteiger partial charge in [-0.05, 0) is 54.6 Å². The molecule has 0 spiro atoms. The Morgan fingerprint density at radius 1 is 0.875 bits per heavy atom. The highest BCUT2D eigenvalue weighted by molar-refractivity contribution is 5.83. The molecule has 154 valence electrons. The van der Waals surface area contributed by atoms with E-state index in [4.69, 9.17) is 4.74 Å². The number of pyridine rings is 1. The number of fused-ring (bicyclic) bond motifs is 2. The van der Waals surface area contributed by atoms with Gasteiger partial charge in [0.25, 0.3) is 0 Å². The van der Waals surface area contributed by atoms with Gasteiger partial charge in [-0.15, -0.1) is 0 Å². The van der Waals surface area contributed by atoms with Crippen molar-refractivity contribution in [1.82, 2.24) is 29.5 Å². The predicted molar refractivity (Wildman–Crippen MR) is 123 cm³/mol. The van der Waals surface area contributed by atoms with Crippen LogP contribution in [-0.2, 0) is 0 Å². The van der Waals surface area contributed by atoms with Crippen molar-refractivity contribution in [3.8, 4) is 17.4 Å². The summed E-state index contributed by atoms with van der Waals surface area (Å²) in [6.45, 7) is 0. The molecule has 0 atom stereocenters. The smallest absolute Gasteiger partial charge is 0.230 e. The third kappa shape index (κ3) is 3.39. The van der Waals surface area contributed by atoms with Crippen molar-refractivity contribution < 1.29 is 4.74 Å². The maximum Gasteiger partial charge on any atom is 0.230 e. The number of imidazole rings is 1. The lowest BCUT2D eigenvalue weighted by molar-refractivity contribution is 0.463. The molecule has 2 N–H and O–H groups in total. The Morgan fingerprint density at radius 3 is 2.81 bits per heavy atom. The van der Waals surface area contributed by atoms with Crippen LogP contribution in [0.15, 0.2) is 91.6 Å². The van der Waals surface area contributed by atoms with Crippen LogP contribution in [0, 0.1) is 0 Å². The van der Waals surface area contributed by atoms with E-state index in [9.17, 15) is 0 Å². The Bertz CT molecular complexity index is 1540. The number of hydrogen-bond acceptors (Lipinski definition) is 6. The monoisotopic (exact) mass is 419 g/mol. The van der Waals surface area contributed by atoms with Gasteiger partial charge < -0.3 is 19.6 Å². The number of aromatic nitrogens is 6. The first-order valence-corrected chi connectivity index (χ1v) is 10.1. The van der Waals surface area contributed by atoms with E-state index < -0.39 is 0 Å². The zero-order chi connectivity index (χ0) is 21.3. The standard InChI is InChI=1S/C24H17N7O/c1-2-10-25-22(3-1)31-12-9-16-13-18(5-7-21(16)31)32-23-8-11-26-24(30-23)29-17-4-6-19-20(14-17)28-15-27-19/h1-15H,(H,27,28)(H,26,29,30). The van der Waals surface area contributed by atoms with E-state index in [0.717, 1.165) is 33.4 Å². The van der Waals surface area contributed by atoms with Crippen LogP contribution in [0.2, 0.25) is 0 Å². The summed E-state index contributed by atoms with van der Waals surface area (Å²) in [6.07, 6.45) is 7.11. The Kier molecular flexibility index (Phi) is 4.25. The van der Waals surface area contributed by atoms with Gasteiger partial charge in [-0.2, -0.15) is 4.98 Å². The summed E-state index contributed by atoms with van der Waals surface area (Å²) < 4.78 is 8.05. The molecule has 4 aromatic heterocycles. The molecule has 0 aliphatic heterocycles. The van der Waals surface area contributed by atoms with Gasteiger partial charge in [0.15, 0.2) is 0 Å². The molecule has 6 aromatic rings. The molecule has 0 bridgehead atoms. The van der Waals surface area contributed by atoms with Crippen LogP contribution in [0.5, 0.6) is 11.6 Å². The minimum atomic E-state index is 0.444. The first-order valence-electron chi connectivity index (χ1n) is 10.1. The highest BCUT2D eigenvalue weighted by atomic mass is 16.5. The van der Waals surface area contributed by atoms with E-state index in [-0.39, 0.29) is 0 Å². The molecule has 0 aliphatic carbocycles. The van der Waals surface area contributed by atoms with Crippen LogP contribution < -0.4 is 10.1 Å². The number of benzene rings is 2. The number of hydrogen-bond donors (Lipinski definition) is 2. The van der Waals surface area contributed by atoms with Crippen LogP contribution in [0.4, 0.5) is 11.6 Å². The van der Waals surface area contributed by atoms with Crippen molar-refractivity contribution in [1.29, 1.82) is 0 Å². The fourth-order valence-electron chi connectivity index (χ4n) is 3.60. The minimum absolute atomic E-state index is 0.444. The second kappa shape index (κ2) is 7.51. The van der Waals surface area contributed by atoms with E-state index >= 15 is 0 Å². The number of nitrogens with zero attached hydrogens (tertiary/aromatic N) is 5. The zero-order valence-corrected chi connectivity index (χ0v) is 16.8. The largest absolute Gasteiger partial charge is 0.439 e. The van der Waals surface area contributed by atoms with Gasteiger partial charge in [-0.25, -0.2) is 15.0 Å². The molecule has 32 heavy (non-hydrogen) atoms. The third-order valence-electron chi connectivity index (χ3n) is 5.09. The normalized spacial score (nSPS) is 11.1. The van der Waals surface area contributed by atoms with Crippen molar-refractivity contribution in [2.75, 3.05) is 5.32 Å². The van der Waals surface area contributed by atoms with Gasteiger partial charge in [0.1, 0.15) is 11.6 Å². The number of nitrogens with one attached hydrogen (secondary N) is 2. The van der Waals surface area contributed by atoms with Crippen molar-refractivity contribution in [3.63, 3.8) is 0 Å². The third-order valence-corrected chi connectivity index (χ3v) is 5.09. The summed E-state index contributed by atoms with van der Waals surface area (Å²) in [5, 5.41) is 4.25. The molecule has 8 heteroatoms. The summed E-state index contributed by atoms with van der Waals surface area (Å²) in [4.78, 5) is 20.5. The second-order valence-electron chi connectivity index (χ2n) is 7.17. The van der Waals surface area contributed by atoms with Crippen molar-refractivity contribution >= 4 is 33.6 Å². The van der Waals surface area contributed by atoms with Crippen LogP contribution in [0.25, 0.3) is 27.8 Å². The highest BCUT2D eigenvalue weighted by Crippen LogP contribution is 2.27. The number of anilines is 2. The van der Waals surface area contributed by atoms with Gasteiger partial charge in [0, 0.05) is 35.7 Å². The molecule has 8 nitrogen and oxygen atoms in total. The molecule has 6 rings (SSSR count). The Hall–Kier alpha value is -4.72. The molecule has 2 aromatic carbocycles. The Morgan fingerprint density at radius 2 is 1.88 bits per heavy atom. The van der Waals surface area contributed by atoms with Crippen LogP contribution >= 0.6 is 0 Å². The van der Waals surface area contributed by atoms with Crippen LogP contribution in [-0.4, -0.2) is 29.5 Å². The average molecular weight is 419 g/mol. The van der Waals surface area contributed by atoms with E-state index in [1.54, 1.807) is 24.8 Å². The number of ether oxygens (including phenoxy) is 1. The number of H-pyrrole nitrogens is 1. The molecular formula is C24H17N7O. The fourth-order valence-corrected chi connectivity index (χ4v) is 3.60. The molecule has 0 fully saturated rings. The van der Waals surface area contributed by atoms with Gasteiger partial charge in [0.05, 0.1) is 22.9 Å². The Balaban J connectivity index is 1.24. The number of aromatic amines is 1. The summed E-state index contributed by atoms with van der Waals surface area (Å²) in [6, 6.07) is 21.4. The van der Waals surface area contributed by atoms with Crippen molar-refractivity contribution in [3.05, 3.63) is 91.6 Å².